The maximum atomic E-state index is 12.7. The molecule has 0 amide bonds. The Labute approximate surface area is 201 Å². The lowest BCUT2D eigenvalue weighted by molar-refractivity contribution is -0.138. The van der Waals surface area contributed by atoms with E-state index in [0.717, 1.165) is 23.3 Å². The molecule has 1 N–H and O–H groups in total. The highest BCUT2D eigenvalue weighted by molar-refractivity contribution is 6.42. The molecule has 0 saturated carbocycles. The fraction of sp³-hybridized carbons (Fsp3) is 0.286. The highest BCUT2D eigenvalue weighted by atomic mass is 35.5. The van der Waals surface area contributed by atoms with Crippen molar-refractivity contribution in [1.29, 1.82) is 5.41 Å². The second kappa shape index (κ2) is 9.59. The minimum Gasteiger partial charge on any atom is -0.488 e. The zero-order valence-electron chi connectivity index (χ0n) is 17.4. The van der Waals surface area contributed by atoms with E-state index in [-0.39, 0.29) is 28.5 Å². The van der Waals surface area contributed by atoms with Crippen LogP contribution in [-0.4, -0.2) is 45.2 Å². The van der Waals surface area contributed by atoms with Crippen molar-refractivity contribution in [2.75, 3.05) is 18.0 Å². The van der Waals surface area contributed by atoms with Gasteiger partial charge in [0.25, 0.3) is 5.56 Å². The molecule has 0 aliphatic carbocycles. The van der Waals surface area contributed by atoms with E-state index >= 15 is 0 Å². The molecule has 1 aromatic carbocycles. The predicted molar refractivity (Wildman–Crippen MR) is 121 cm³/mol. The van der Waals surface area contributed by atoms with Crippen LogP contribution in [0.5, 0.6) is 5.75 Å². The van der Waals surface area contributed by atoms with Crippen molar-refractivity contribution in [3.63, 3.8) is 0 Å². The number of nitrogens with one attached hydrogen (secondary N) is 1. The van der Waals surface area contributed by atoms with Crippen LogP contribution < -0.4 is 15.2 Å². The summed E-state index contributed by atoms with van der Waals surface area (Å²) in [6.45, 7) is 0.896. The first-order chi connectivity index (χ1) is 16.2. The fourth-order valence-electron chi connectivity index (χ4n) is 3.43. The lowest BCUT2D eigenvalue weighted by Crippen LogP contribution is -2.39. The van der Waals surface area contributed by atoms with Gasteiger partial charge in [0.2, 0.25) is 5.95 Å². The van der Waals surface area contributed by atoms with Gasteiger partial charge in [-0.25, -0.2) is 9.97 Å². The van der Waals surface area contributed by atoms with Crippen LogP contribution in [-0.2, 0) is 6.18 Å². The zero-order valence-corrected chi connectivity index (χ0v) is 18.9. The smallest absolute Gasteiger partial charge is 0.419 e. The Morgan fingerprint density at radius 1 is 1.09 bits per heavy atom. The maximum absolute atomic E-state index is 12.7. The van der Waals surface area contributed by atoms with Crippen LogP contribution in [0.1, 0.15) is 24.1 Å². The normalized spacial score (nSPS) is 14.8. The Balaban J connectivity index is 1.45. The van der Waals surface area contributed by atoms with Crippen LogP contribution in [0.15, 0.2) is 41.5 Å². The number of piperidine rings is 1. The number of hydrogen-bond acceptors (Lipinski definition) is 7. The molecule has 34 heavy (non-hydrogen) atoms. The molecule has 8 nitrogen and oxygen atoms in total. The summed E-state index contributed by atoms with van der Waals surface area (Å²) in [4.78, 5) is 22.0. The van der Waals surface area contributed by atoms with Crippen molar-refractivity contribution in [3.8, 4) is 11.4 Å². The molecule has 3 aromatic rings. The zero-order chi connectivity index (χ0) is 24.5. The molecule has 1 fully saturated rings. The molecule has 3 heterocycles. The molecule has 0 unspecified atom stereocenters. The number of nitrogens with zero attached hydrogens (tertiary/aromatic N) is 5. The molecule has 0 spiro atoms. The van der Waals surface area contributed by atoms with E-state index in [0.29, 0.717) is 36.6 Å². The molecule has 0 atom stereocenters. The van der Waals surface area contributed by atoms with Crippen LogP contribution in [0.3, 0.4) is 0 Å². The van der Waals surface area contributed by atoms with E-state index in [2.05, 4.69) is 15.1 Å². The minimum atomic E-state index is -4.49. The van der Waals surface area contributed by atoms with Crippen molar-refractivity contribution in [2.45, 2.75) is 25.1 Å². The van der Waals surface area contributed by atoms with Gasteiger partial charge in [0, 0.05) is 50.6 Å². The fourth-order valence-corrected chi connectivity index (χ4v) is 3.73. The Bertz CT molecular complexity index is 1260. The van der Waals surface area contributed by atoms with Gasteiger partial charge in [-0.3, -0.25) is 4.79 Å². The minimum absolute atomic E-state index is 0.152. The van der Waals surface area contributed by atoms with Crippen molar-refractivity contribution < 1.29 is 17.9 Å². The van der Waals surface area contributed by atoms with Crippen LogP contribution in [0.2, 0.25) is 10.0 Å². The van der Waals surface area contributed by atoms with Crippen molar-refractivity contribution in [3.05, 3.63) is 68.3 Å². The summed E-state index contributed by atoms with van der Waals surface area (Å²) in [5.41, 5.74) is -0.843. The topological polar surface area (TPSA) is 97.0 Å². The highest BCUT2D eigenvalue weighted by Crippen LogP contribution is 2.29. The standard InChI is InChI=1S/C21H17Cl2F3N6O2/c22-15-2-1-13(7-16(15)23)32-19(33)8-18(17(9-27)30-32)34-14-3-5-31(6-4-14)20-28-10-12(11-29-20)21(24,25)26/h1-2,7-11,14,27H,3-6H2. The Kier molecular flexibility index (Phi) is 6.76. The predicted octanol–water partition coefficient (Wildman–Crippen LogP) is 4.39. The van der Waals surface area contributed by atoms with E-state index in [1.54, 1.807) is 11.0 Å². The first-order valence-corrected chi connectivity index (χ1v) is 10.8. The second-order valence-corrected chi connectivity index (χ2v) is 8.27. The van der Waals surface area contributed by atoms with Gasteiger partial charge in [0.1, 0.15) is 11.8 Å². The summed E-state index contributed by atoms with van der Waals surface area (Å²) >= 11 is 11.9. The molecule has 0 radical (unpaired) electrons. The molecule has 4 rings (SSSR count). The van der Waals surface area contributed by atoms with E-state index in [1.807, 2.05) is 0 Å². The average Bonchev–Trinajstić information content (AvgIpc) is 2.81. The quantitative estimate of drug-likeness (QED) is 0.509. The molecule has 1 aliphatic heterocycles. The third-order valence-corrected chi connectivity index (χ3v) is 5.93. The van der Waals surface area contributed by atoms with Crippen molar-refractivity contribution in [1.82, 2.24) is 19.7 Å². The van der Waals surface area contributed by atoms with Crippen LogP contribution in [0, 0.1) is 5.41 Å². The number of anilines is 1. The number of aromatic nitrogens is 4. The van der Waals surface area contributed by atoms with Gasteiger partial charge in [0.05, 0.1) is 21.3 Å². The van der Waals surface area contributed by atoms with E-state index < -0.39 is 17.3 Å². The molecular weight excluding hydrogens is 496 g/mol. The largest absolute Gasteiger partial charge is 0.488 e. The van der Waals surface area contributed by atoms with Crippen LogP contribution >= 0.6 is 23.2 Å². The van der Waals surface area contributed by atoms with Crippen molar-refractivity contribution >= 4 is 35.4 Å². The highest BCUT2D eigenvalue weighted by Gasteiger charge is 2.32. The number of halogens is 5. The van der Waals surface area contributed by atoms with Gasteiger partial charge in [0.15, 0.2) is 5.75 Å². The first kappa shape index (κ1) is 24.0. The summed E-state index contributed by atoms with van der Waals surface area (Å²) < 4.78 is 45.1. The monoisotopic (exact) mass is 512 g/mol. The van der Waals surface area contributed by atoms with Gasteiger partial charge in [-0.1, -0.05) is 23.2 Å². The van der Waals surface area contributed by atoms with E-state index in [9.17, 15) is 18.0 Å². The number of ether oxygens (including phenoxy) is 1. The summed E-state index contributed by atoms with van der Waals surface area (Å²) in [6.07, 6.45) is -1.25. The molecule has 0 bridgehead atoms. The molecule has 2 aromatic heterocycles. The van der Waals surface area contributed by atoms with Crippen LogP contribution in [0.4, 0.5) is 19.1 Å². The Hall–Kier alpha value is -3.18. The van der Waals surface area contributed by atoms with Gasteiger partial charge in [-0.15, -0.1) is 0 Å². The SMILES string of the molecule is N=Cc1nn(-c2ccc(Cl)c(Cl)c2)c(=O)cc1OC1CCN(c2ncc(C(F)(F)F)cn2)CC1. The summed E-state index contributed by atoms with van der Waals surface area (Å²) in [5.74, 6) is 0.373. The molecule has 1 aliphatic rings. The Morgan fingerprint density at radius 2 is 1.76 bits per heavy atom. The molecule has 13 heteroatoms. The first-order valence-electron chi connectivity index (χ1n) is 10.1. The molecular formula is C21H17Cl2F3N6O2. The summed E-state index contributed by atoms with van der Waals surface area (Å²) in [5, 5.41) is 12.5. The van der Waals surface area contributed by atoms with Crippen molar-refractivity contribution in [2.24, 2.45) is 0 Å². The van der Waals surface area contributed by atoms with Gasteiger partial charge in [-0.05, 0) is 18.2 Å². The summed E-state index contributed by atoms with van der Waals surface area (Å²) in [7, 11) is 0. The maximum Gasteiger partial charge on any atom is 0.419 e. The van der Waals surface area contributed by atoms with Crippen LogP contribution in [0.25, 0.3) is 5.69 Å². The number of benzene rings is 1. The van der Waals surface area contributed by atoms with E-state index in [1.165, 1.54) is 18.2 Å². The Morgan fingerprint density at radius 3 is 2.35 bits per heavy atom. The number of rotatable bonds is 5. The summed E-state index contributed by atoms with van der Waals surface area (Å²) in [6, 6.07) is 5.86. The third kappa shape index (κ3) is 5.15. The third-order valence-electron chi connectivity index (χ3n) is 5.19. The van der Waals surface area contributed by atoms with Gasteiger partial charge >= 0.3 is 6.18 Å². The lowest BCUT2D eigenvalue weighted by Gasteiger charge is -2.32. The van der Waals surface area contributed by atoms with Gasteiger partial charge < -0.3 is 15.0 Å². The average molecular weight is 513 g/mol. The molecule has 1 saturated heterocycles. The molecule has 178 valence electrons. The number of alkyl halides is 3. The second-order valence-electron chi connectivity index (χ2n) is 7.46. The number of hydrogen-bond donors (Lipinski definition) is 1. The van der Waals surface area contributed by atoms with E-state index in [4.69, 9.17) is 33.3 Å². The lowest BCUT2D eigenvalue weighted by atomic mass is 10.1. The van der Waals surface area contributed by atoms with Gasteiger partial charge in [-0.2, -0.15) is 23.0 Å².